The molecular weight excluding hydrogens is 406 g/mol. The Hall–Kier alpha value is -2.08. The van der Waals surface area contributed by atoms with Gasteiger partial charge >= 0.3 is 5.97 Å². The first-order chi connectivity index (χ1) is 13.2. The average molecular weight is 431 g/mol. The topological polar surface area (TPSA) is 283 Å². The van der Waals surface area contributed by atoms with Gasteiger partial charge in [0, 0.05) is 6.92 Å². The van der Waals surface area contributed by atoms with Gasteiger partial charge in [-0.05, 0) is 0 Å². The predicted molar refractivity (Wildman–Crippen MR) is 87.7 cm³/mol. The van der Waals surface area contributed by atoms with Crippen molar-refractivity contribution in [1.29, 1.82) is 0 Å². The second-order valence-electron chi connectivity index (χ2n) is 5.61. The van der Waals surface area contributed by atoms with Crippen molar-refractivity contribution in [2.45, 2.75) is 55.8 Å². The Bertz CT molecular complexity index is 542. The molecule has 0 radical (unpaired) electrons. The molecule has 0 heterocycles. The van der Waals surface area contributed by atoms with Gasteiger partial charge in [-0.3, -0.25) is 14.9 Å². The number of imide groups is 1. The van der Waals surface area contributed by atoms with Crippen LogP contribution >= 0.6 is 0 Å². The number of aldehydes is 1. The van der Waals surface area contributed by atoms with Gasteiger partial charge in [-0.2, -0.15) is 0 Å². The number of amides is 2. The van der Waals surface area contributed by atoms with E-state index in [9.17, 15) is 29.4 Å². The van der Waals surface area contributed by atoms with Crippen LogP contribution in [0.4, 0.5) is 0 Å². The maximum atomic E-state index is 11.0. The molecule has 29 heavy (non-hydrogen) atoms. The SMILES string of the molecule is CC(=O)NC(=O)C(O)C(O)C(O)C(O)CO.O=CC(O)C(O)C(O)C(O)C(=O)O. The van der Waals surface area contributed by atoms with Crippen molar-refractivity contribution < 1.29 is 70.2 Å². The summed E-state index contributed by atoms with van der Waals surface area (Å²) in [6.07, 6.45) is -16.1. The number of aliphatic carboxylic acids is 1. The van der Waals surface area contributed by atoms with Crippen LogP contribution in [-0.2, 0) is 19.2 Å². The molecule has 8 unspecified atom stereocenters. The van der Waals surface area contributed by atoms with Crippen LogP contribution in [0.1, 0.15) is 6.92 Å². The van der Waals surface area contributed by atoms with E-state index < -0.39 is 73.2 Å². The summed E-state index contributed by atoms with van der Waals surface area (Å²) >= 11 is 0. The van der Waals surface area contributed by atoms with Crippen LogP contribution < -0.4 is 5.32 Å². The summed E-state index contributed by atoms with van der Waals surface area (Å²) in [7, 11) is 0. The van der Waals surface area contributed by atoms with Gasteiger partial charge in [0.2, 0.25) is 5.91 Å². The largest absolute Gasteiger partial charge is 0.479 e. The molecule has 0 aliphatic carbocycles. The summed E-state index contributed by atoms with van der Waals surface area (Å²) in [6.45, 7) is 0.176. The third kappa shape index (κ3) is 10.3. The van der Waals surface area contributed by atoms with E-state index in [0.29, 0.717) is 0 Å². The molecule has 0 fully saturated rings. The maximum absolute atomic E-state index is 11.0. The minimum atomic E-state index is -2.25. The van der Waals surface area contributed by atoms with Crippen LogP contribution in [0, 0.1) is 0 Å². The maximum Gasteiger partial charge on any atom is 0.335 e. The fraction of sp³-hybridized carbons (Fsp3) is 0.714. The average Bonchev–Trinajstić information content (AvgIpc) is 2.68. The molecule has 2 amide bonds. The van der Waals surface area contributed by atoms with Gasteiger partial charge in [0.1, 0.15) is 36.6 Å². The highest BCUT2D eigenvalue weighted by molar-refractivity contribution is 5.96. The fourth-order valence-electron chi connectivity index (χ4n) is 1.54. The van der Waals surface area contributed by atoms with Gasteiger partial charge in [-0.25, -0.2) is 4.79 Å². The third-order valence-electron chi connectivity index (χ3n) is 3.24. The van der Waals surface area contributed by atoms with E-state index in [1.165, 1.54) is 0 Å². The lowest BCUT2D eigenvalue weighted by atomic mass is 10.0. The molecule has 15 heteroatoms. The second-order valence-corrected chi connectivity index (χ2v) is 5.61. The number of aliphatic hydroxyl groups is 9. The fourth-order valence-corrected chi connectivity index (χ4v) is 1.54. The molecule has 0 saturated heterocycles. The molecule has 0 bridgehead atoms. The zero-order chi connectivity index (χ0) is 23.5. The molecule has 8 atom stereocenters. The van der Waals surface area contributed by atoms with Crippen LogP contribution in [0.25, 0.3) is 0 Å². The minimum Gasteiger partial charge on any atom is -0.479 e. The van der Waals surface area contributed by atoms with Gasteiger partial charge in [-0.1, -0.05) is 0 Å². The Morgan fingerprint density at radius 2 is 1.28 bits per heavy atom. The van der Waals surface area contributed by atoms with E-state index in [1.807, 2.05) is 0 Å². The molecule has 0 aromatic carbocycles. The van der Waals surface area contributed by atoms with E-state index in [1.54, 1.807) is 5.32 Å². The van der Waals surface area contributed by atoms with Crippen molar-refractivity contribution in [2.75, 3.05) is 6.61 Å². The summed E-state index contributed by atoms with van der Waals surface area (Å²) in [5.41, 5.74) is 0. The molecule has 0 aromatic heterocycles. The van der Waals surface area contributed by atoms with Crippen molar-refractivity contribution in [3.8, 4) is 0 Å². The zero-order valence-electron chi connectivity index (χ0n) is 15.0. The number of aliphatic hydroxyl groups excluding tert-OH is 9. The highest BCUT2D eigenvalue weighted by atomic mass is 16.4. The summed E-state index contributed by atoms with van der Waals surface area (Å²) in [6, 6.07) is 0. The van der Waals surface area contributed by atoms with Crippen molar-refractivity contribution >= 4 is 24.1 Å². The van der Waals surface area contributed by atoms with E-state index in [4.69, 9.17) is 40.9 Å². The minimum absolute atomic E-state index is 0.0809. The lowest BCUT2D eigenvalue weighted by Crippen LogP contribution is -2.52. The number of carbonyl (C=O) groups excluding carboxylic acids is 3. The number of hydrogen-bond donors (Lipinski definition) is 11. The molecule has 0 aliphatic heterocycles. The number of nitrogens with one attached hydrogen (secondary N) is 1. The first kappa shape index (κ1) is 29.1. The predicted octanol–water partition coefficient (Wildman–Crippen LogP) is -7.20. The van der Waals surface area contributed by atoms with Crippen molar-refractivity contribution in [1.82, 2.24) is 5.32 Å². The van der Waals surface area contributed by atoms with Crippen molar-refractivity contribution in [3.05, 3.63) is 0 Å². The van der Waals surface area contributed by atoms with E-state index >= 15 is 0 Å². The molecule has 170 valence electrons. The molecule has 0 aliphatic rings. The highest BCUT2D eigenvalue weighted by Gasteiger charge is 2.35. The van der Waals surface area contributed by atoms with E-state index in [0.717, 1.165) is 6.92 Å². The number of carboxylic acid groups (broad SMARTS) is 1. The van der Waals surface area contributed by atoms with Crippen molar-refractivity contribution in [2.24, 2.45) is 0 Å². The van der Waals surface area contributed by atoms with Gasteiger partial charge in [-0.15, -0.1) is 0 Å². The Labute approximate surface area is 163 Å². The zero-order valence-corrected chi connectivity index (χ0v) is 15.0. The molecule has 15 nitrogen and oxygen atoms in total. The smallest absolute Gasteiger partial charge is 0.335 e. The van der Waals surface area contributed by atoms with Gasteiger partial charge < -0.3 is 55.9 Å². The number of rotatable bonds is 10. The van der Waals surface area contributed by atoms with Crippen LogP contribution in [-0.4, -0.2) is 131 Å². The molecule has 0 saturated carbocycles. The Morgan fingerprint density at radius 1 is 0.828 bits per heavy atom. The number of hydrogen-bond acceptors (Lipinski definition) is 13. The Kier molecular flexibility index (Phi) is 14.0. The van der Waals surface area contributed by atoms with Crippen LogP contribution in [0.15, 0.2) is 0 Å². The second kappa shape index (κ2) is 14.0. The summed E-state index contributed by atoms with van der Waals surface area (Å²) in [5.74, 6) is -3.71. The quantitative estimate of drug-likeness (QED) is 0.143. The molecule has 0 spiro atoms. The summed E-state index contributed by atoms with van der Waals surface area (Å²) < 4.78 is 0. The Morgan fingerprint density at radius 3 is 1.62 bits per heavy atom. The highest BCUT2D eigenvalue weighted by Crippen LogP contribution is 2.05. The first-order valence-corrected chi connectivity index (χ1v) is 7.77. The summed E-state index contributed by atoms with van der Waals surface area (Å²) in [5, 5.41) is 89.9. The monoisotopic (exact) mass is 431 g/mol. The van der Waals surface area contributed by atoms with Crippen molar-refractivity contribution in [3.63, 3.8) is 0 Å². The standard InChI is InChI=1S/C8H15NO7.C6H10O7/c1-3(11)9-8(16)7(15)6(14)5(13)4(12)2-10;7-1-2(8)3(9)4(10)5(11)6(12)13/h4-7,10,12-15H,2H2,1H3,(H,9,11,16);1-5,8-11H,(H,12,13). The van der Waals surface area contributed by atoms with Crippen LogP contribution in [0.5, 0.6) is 0 Å². The molecule has 11 N–H and O–H groups in total. The third-order valence-corrected chi connectivity index (χ3v) is 3.24. The van der Waals surface area contributed by atoms with Gasteiger partial charge in [0.25, 0.3) is 5.91 Å². The molecule has 0 aromatic rings. The normalized spacial score (nSPS) is 19.1. The molecular formula is C14H25NO14. The molecule has 0 rings (SSSR count). The first-order valence-electron chi connectivity index (χ1n) is 7.77. The summed E-state index contributed by atoms with van der Waals surface area (Å²) in [4.78, 5) is 41.4. The van der Waals surface area contributed by atoms with Crippen LogP contribution in [0.2, 0.25) is 0 Å². The van der Waals surface area contributed by atoms with E-state index in [-0.39, 0.29) is 6.29 Å². The Balaban J connectivity index is 0. The lowest BCUT2D eigenvalue weighted by molar-refractivity contribution is -0.163. The lowest BCUT2D eigenvalue weighted by Gasteiger charge is -2.24. The number of carboxylic acids is 1. The van der Waals surface area contributed by atoms with Gasteiger partial charge in [0.15, 0.2) is 18.5 Å². The number of carbonyl (C=O) groups is 4. The van der Waals surface area contributed by atoms with E-state index in [2.05, 4.69) is 0 Å². The van der Waals surface area contributed by atoms with Crippen LogP contribution in [0.3, 0.4) is 0 Å². The van der Waals surface area contributed by atoms with Gasteiger partial charge in [0.05, 0.1) is 6.61 Å².